The van der Waals surface area contributed by atoms with Crippen molar-refractivity contribution in [2.75, 3.05) is 40.1 Å². The molecule has 0 aliphatic rings. The molecule has 0 aliphatic carbocycles. The van der Waals surface area contributed by atoms with E-state index in [1.54, 1.807) is 26.0 Å². The number of anilines is 1. The van der Waals surface area contributed by atoms with Crippen molar-refractivity contribution >= 4 is 41.7 Å². The fourth-order valence-corrected chi connectivity index (χ4v) is 2.42. The van der Waals surface area contributed by atoms with E-state index >= 15 is 0 Å². The maximum atomic E-state index is 11.9. The van der Waals surface area contributed by atoms with Crippen LogP contribution in [0, 0.1) is 0 Å². The first-order valence-electron chi connectivity index (χ1n) is 8.79. The highest BCUT2D eigenvalue weighted by Crippen LogP contribution is 2.08. The van der Waals surface area contributed by atoms with Gasteiger partial charge in [0.25, 0.3) is 5.91 Å². The third-order valence-corrected chi connectivity index (χ3v) is 3.98. The van der Waals surface area contributed by atoms with Crippen molar-refractivity contribution in [3.8, 4) is 0 Å². The Labute approximate surface area is 184 Å². The van der Waals surface area contributed by atoms with E-state index in [4.69, 9.17) is 0 Å². The van der Waals surface area contributed by atoms with Crippen LogP contribution in [-0.2, 0) is 13.1 Å². The van der Waals surface area contributed by atoms with Crippen molar-refractivity contribution in [1.29, 1.82) is 0 Å². The summed E-state index contributed by atoms with van der Waals surface area (Å²) in [5.41, 5.74) is 2.69. The van der Waals surface area contributed by atoms with Crippen molar-refractivity contribution < 1.29 is 4.79 Å². The van der Waals surface area contributed by atoms with Crippen LogP contribution in [0.4, 0.5) is 5.82 Å². The van der Waals surface area contributed by atoms with Crippen molar-refractivity contribution in [3.63, 3.8) is 0 Å². The van der Waals surface area contributed by atoms with Gasteiger partial charge in [-0.05, 0) is 29.8 Å². The number of halogens is 1. The summed E-state index contributed by atoms with van der Waals surface area (Å²) in [5, 5.41) is 6.53. The Hall–Kier alpha value is -2.36. The summed E-state index contributed by atoms with van der Waals surface area (Å²) in [6, 6.07) is 13.5. The van der Waals surface area contributed by atoms with Gasteiger partial charge < -0.3 is 20.4 Å². The Bertz CT molecular complexity index is 790. The van der Waals surface area contributed by atoms with Gasteiger partial charge in [0.1, 0.15) is 5.82 Å². The number of nitrogens with zero attached hydrogens (tertiary/aromatic N) is 4. The summed E-state index contributed by atoms with van der Waals surface area (Å²) in [6.07, 6.45) is 0. The molecule has 7 nitrogen and oxygen atoms in total. The lowest BCUT2D eigenvalue weighted by Gasteiger charge is -2.14. The Balaban J connectivity index is 0.00000392. The molecule has 0 radical (unpaired) electrons. The molecule has 0 saturated carbocycles. The van der Waals surface area contributed by atoms with Gasteiger partial charge in [0.05, 0.1) is 12.2 Å². The number of hydrogen-bond donors (Lipinski definition) is 2. The second-order valence-corrected chi connectivity index (χ2v) is 6.56. The number of benzene rings is 1. The lowest BCUT2D eigenvalue weighted by atomic mass is 10.1. The minimum Gasteiger partial charge on any atom is -0.363 e. The van der Waals surface area contributed by atoms with E-state index in [-0.39, 0.29) is 29.9 Å². The molecule has 0 saturated heterocycles. The first-order chi connectivity index (χ1) is 12.9. The van der Waals surface area contributed by atoms with Crippen molar-refractivity contribution in [1.82, 2.24) is 20.5 Å². The molecule has 28 heavy (non-hydrogen) atoms. The number of aromatic nitrogens is 1. The molecule has 1 heterocycles. The lowest BCUT2D eigenvalue weighted by molar-refractivity contribution is 0.0827. The number of amides is 1. The van der Waals surface area contributed by atoms with Gasteiger partial charge in [0, 0.05) is 47.3 Å². The lowest BCUT2D eigenvalue weighted by Crippen LogP contribution is -2.36. The number of carbonyl (C=O) groups excluding carboxylic acids is 1. The first-order valence-corrected chi connectivity index (χ1v) is 8.79. The van der Waals surface area contributed by atoms with Gasteiger partial charge >= 0.3 is 0 Å². The second-order valence-electron chi connectivity index (χ2n) is 6.56. The molecule has 1 aromatic carbocycles. The summed E-state index contributed by atoms with van der Waals surface area (Å²) >= 11 is 0. The minimum atomic E-state index is -0.000518. The van der Waals surface area contributed by atoms with Crippen LogP contribution in [0.2, 0.25) is 0 Å². The average Bonchev–Trinajstić information content (AvgIpc) is 2.68. The average molecular weight is 496 g/mol. The van der Waals surface area contributed by atoms with E-state index in [9.17, 15) is 4.79 Å². The predicted octanol–water partition coefficient (Wildman–Crippen LogP) is 2.33. The smallest absolute Gasteiger partial charge is 0.253 e. The minimum absolute atomic E-state index is 0. The zero-order valence-electron chi connectivity index (χ0n) is 17.1. The van der Waals surface area contributed by atoms with Crippen LogP contribution in [0.5, 0.6) is 0 Å². The van der Waals surface area contributed by atoms with E-state index in [1.807, 2.05) is 61.5 Å². The maximum Gasteiger partial charge on any atom is 0.253 e. The van der Waals surface area contributed by atoms with Crippen molar-refractivity contribution in [3.05, 3.63) is 59.3 Å². The Morgan fingerprint density at radius 2 is 1.64 bits per heavy atom. The standard InChI is InChI=1S/C20H28N6O.HI/c1-21-20(23-14-17-7-6-8-18(24-17)25(2)3)22-13-15-9-11-16(12-10-15)19(27)26(4)5;/h6-12H,13-14H2,1-5H3,(H2,21,22,23);1H. The highest BCUT2D eigenvalue weighted by molar-refractivity contribution is 14.0. The van der Waals surface area contributed by atoms with E-state index < -0.39 is 0 Å². The molecule has 8 heteroatoms. The summed E-state index contributed by atoms with van der Waals surface area (Å²) in [6.45, 7) is 1.19. The summed E-state index contributed by atoms with van der Waals surface area (Å²) in [5.74, 6) is 1.62. The molecule has 2 aromatic rings. The van der Waals surface area contributed by atoms with Crippen LogP contribution in [0.1, 0.15) is 21.6 Å². The predicted molar refractivity (Wildman–Crippen MR) is 125 cm³/mol. The molecule has 0 fully saturated rings. The number of pyridine rings is 1. The maximum absolute atomic E-state index is 11.9. The van der Waals surface area contributed by atoms with E-state index in [1.165, 1.54) is 0 Å². The molecule has 0 unspecified atom stereocenters. The Morgan fingerprint density at radius 1 is 1.00 bits per heavy atom. The molecule has 2 N–H and O–H groups in total. The topological polar surface area (TPSA) is 72.9 Å². The van der Waals surface area contributed by atoms with Gasteiger partial charge in [-0.3, -0.25) is 9.79 Å². The number of nitrogens with one attached hydrogen (secondary N) is 2. The number of rotatable bonds is 6. The van der Waals surface area contributed by atoms with Gasteiger partial charge in [0.15, 0.2) is 5.96 Å². The molecule has 1 amide bonds. The third-order valence-electron chi connectivity index (χ3n) is 3.98. The van der Waals surface area contributed by atoms with Gasteiger partial charge in [-0.25, -0.2) is 4.98 Å². The van der Waals surface area contributed by atoms with Crippen LogP contribution in [0.15, 0.2) is 47.5 Å². The van der Waals surface area contributed by atoms with Crippen LogP contribution >= 0.6 is 24.0 Å². The van der Waals surface area contributed by atoms with Gasteiger partial charge in [-0.15, -0.1) is 24.0 Å². The summed E-state index contributed by atoms with van der Waals surface area (Å²) in [7, 11) is 9.17. The number of aliphatic imine (C=N–C) groups is 1. The zero-order valence-corrected chi connectivity index (χ0v) is 19.4. The molecule has 1 aromatic heterocycles. The Kier molecular flexibility index (Phi) is 9.70. The first kappa shape index (κ1) is 23.7. The van der Waals surface area contributed by atoms with Gasteiger partial charge in [-0.1, -0.05) is 18.2 Å². The van der Waals surface area contributed by atoms with Crippen molar-refractivity contribution in [2.24, 2.45) is 4.99 Å². The highest BCUT2D eigenvalue weighted by Gasteiger charge is 2.07. The van der Waals surface area contributed by atoms with Crippen LogP contribution in [-0.4, -0.2) is 57.0 Å². The molecule has 2 rings (SSSR count). The molecule has 152 valence electrons. The largest absolute Gasteiger partial charge is 0.363 e. The van der Waals surface area contributed by atoms with E-state index in [0.717, 1.165) is 17.1 Å². The molecule has 0 aliphatic heterocycles. The molecular weight excluding hydrogens is 467 g/mol. The number of guanidine groups is 1. The molecule has 0 bridgehead atoms. The second kappa shape index (κ2) is 11.5. The zero-order chi connectivity index (χ0) is 19.8. The normalized spacial score (nSPS) is 10.7. The SMILES string of the molecule is CN=C(NCc1ccc(C(=O)N(C)C)cc1)NCc1cccc(N(C)C)n1.I. The highest BCUT2D eigenvalue weighted by atomic mass is 127. The fraction of sp³-hybridized carbons (Fsp3) is 0.350. The van der Waals surface area contributed by atoms with E-state index in [2.05, 4.69) is 20.6 Å². The molecular formula is C20H29IN6O. The van der Waals surface area contributed by atoms with Gasteiger partial charge in [0.2, 0.25) is 0 Å². The van der Waals surface area contributed by atoms with E-state index in [0.29, 0.717) is 24.6 Å². The third kappa shape index (κ3) is 6.99. The van der Waals surface area contributed by atoms with Crippen LogP contribution in [0.25, 0.3) is 0 Å². The summed E-state index contributed by atoms with van der Waals surface area (Å²) < 4.78 is 0. The van der Waals surface area contributed by atoms with Crippen LogP contribution < -0.4 is 15.5 Å². The van der Waals surface area contributed by atoms with Gasteiger partial charge in [-0.2, -0.15) is 0 Å². The van der Waals surface area contributed by atoms with Crippen LogP contribution in [0.3, 0.4) is 0 Å². The monoisotopic (exact) mass is 496 g/mol. The Morgan fingerprint density at radius 3 is 2.21 bits per heavy atom. The molecule has 0 spiro atoms. The number of hydrogen-bond acceptors (Lipinski definition) is 4. The quantitative estimate of drug-likeness (QED) is 0.365. The summed E-state index contributed by atoms with van der Waals surface area (Å²) in [4.78, 5) is 24.3. The number of carbonyl (C=O) groups is 1. The van der Waals surface area contributed by atoms with Crippen molar-refractivity contribution in [2.45, 2.75) is 13.1 Å². The molecule has 0 atom stereocenters. The fourth-order valence-electron chi connectivity index (χ4n) is 2.42.